The zero-order chi connectivity index (χ0) is 15.6. The Morgan fingerprint density at radius 2 is 1.95 bits per heavy atom. The van der Waals surface area contributed by atoms with Crippen molar-refractivity contribution >= 4 is 31.6 Å². The van der Waals surface area contributed by atoms with Crippen molar-refractivity contribution in [1.82, 2.24) is 4.31 Å². The summed E-state index contributed by atoms with van der Waals surface area (Å²) in [5, 5.41) is 3.18. The lowest BCUT2D eigenvalue weighted by atomic mass is 10.2. The molecule has 0 bridgehead atoms. The van der Waals surface area contributed by atoms with Gasteiger partial charge in [-0.15, -0.1) is 0 Å². The van der Waals surface area contributed by atoms with Crippen molar-refractivity contribution in [3.05, 3.63) is 46.1 Å². The SMILES string of the molecule is Cc1cc(Br)ccc1NCc1ccc(S(=O)(=O)N(C)C)o1. The van der Waals surface area contributed by atoms with Gasteiger partial charge in [0.05, 0.1) is 6.54 Å². The molecule has 1 heterocycles. The molecule has 0 spiro atoms. The normalized spacial score (nSPS) is 11.9. The van der Waals surface area contributed by atoms with Crippen LogP contribution in [0.3, 0.4) is 0 Å². The van der Waals surface area contributed by atoms with Crippen LogP contribution in [0.2, 0.25) is 0 Å². The van der Waals surface area contributed by atoms with Crippen LogP contribution in [0.25, 0.3) is 0 Å². The number of nitrogens with one attached hydrogen (secondary N) is 1. The molecule has 0 aliphatic heterocycles. The second kappa shape index (κ2) is 6.21. The molecule has 0 aliphatic rings. The van der Waals surface area contributed by atoms with Crippen LogP contribution in [0.5, 0.6) is 0 Å². The first-order chi connectivity index (χ1) is 9.80. The van der Waals surface area contributed by atoms with Gasteiger partial charge < -0.3 is 9.73 Å². The molecule has 0 saturated heterocycles. The monoisotopic (exact) mass is 372 g/mol. The fraction of sp³-hybridized carbons (Fsp3) is 0.286. The van der Waals surface area contributed by atoms with E-state index in [0.717, 1.165) is 20.0 Å². The van der Waals surface area contributed by atoms with E-state index in [0.29, 0.717) is 12.3 Å². The molecule has 21 heavy (non-hydrogen) atoms. The van der Waals surface area contributed by atoms with Crippen LogP contribution in [0.15, 0.2) is 44.3 Å². The summed E-state index contributed by atoms with van der Waals surface area (Å²) in [6, 6.07) is 9.05. The minimum atomic E-state index is -3.52. The second-order valence-electron chi connectivity index (χ2n) is 4.82. The Balaban J connectivity index is 2.10. The van der Waals surface area contributed by atoms with Gasteiger partial charge in [-0.3, -0.25) is 0 Å². The minimum Gasteiger partial charge on any atom is -0.446 e. The lowest BCUT2D eigenvalue weighted by Crippen LogP contribution is -2.21. The largest absolute Gasteiger partial charge is 0.446 e. The highest BCUT2D eigenvalue weighted by Gasteiger charge is 2.21. The van der Waals surface area contributed by atoms with E-state index < -0.39 is 10.0 Å². The Bertz CT molecular complexity index is 738. The lowest BCUT2D eigenvalue weighted by Gasteiger charge is -2.09. The van der Waals surface area contributed by atoms with Crippen molar-refractivity contribution in [2.75, 3.05) is 19.4 Å². The molecule has 1 N–H and O–H groups in total. The molecular formula is C14H17BrN2O3S. The molecule has 114 valence electrons. The van der Waals surface area contributed by atoms with Gasteiger partial charge in [0.1, 0.15) is 5.76 Å². The van der Waals surface area contributed by atoms with Crippen LogP contribution in [0, 0.1) is 6.92 Å². The van der Waals surface area contributed by atoms with Crippen molar-refractivity contribution in [3.8, 4) is 0 Å². The summed E-state index contributed by atoms with van der Waals surface area (Å²) < 4.78 is 31.4. The zero-order valence-electron chi connectivity index (χ0n) is 12.1. The third-order valence-corrected chi connectivity index (χ3v) is 5.20. The van der Waals surface area contributed by atoms with Crippen LogP contribution in [-0.2, 0) is 16.6 Å². The van der Waals surface area contributed by atoms with Gasteiger partial charge in [-0.05, 0) is 42.8 Å². The van der Waals surface area contributed by atoms with Gasteiger partial charge in [-0.1, -0.05) is 15.9 Å². The number of hydrogen-bond donors (Lipinski definition) is 1. The standard InChI is InChI=1S/C14H17BrN2O3S/c1-10-8-11(15)4-6-13(10)16-9-12-5-7-14(20-12)21(18,19)17(2)3/h4-8,16H,9H2,1-3H3. The van der Waals surface area contributed by atoms with E-state index >= 15 is 0 Å². The third-order valence-electron chi connectivity index (χ3n) is 3.01. The first-order valence-corrected chi connectivity index (χ1v) is 8.55. The van der Waals surface area contributed by atoms with Crippen LogP contribution >= 0.6 is 15.9 Å². The van der Waals surface area contributed by atoms with Gasteiger partial charge in [0.2, 0.25) is 5.09 Å². The number of nitrogens with zero attached hydrogens (tertiary/aromatic N) is 1. The van der Waals surface area contributed by atoms with E-state index in [9.17, 15) is 8.42 Å². The Morgan fingerprint density at radius 3 is 2.57 bits per heavy atom. The molecule has 0 radical (unpaired) electrons. The highest BCUT2D eigenvalue weighted by Crippen LogP contribution is 2.22. The molecule has 7 heteroatoms. The maximum atomic E-state index is 11.9. The van der Waals surface area contributed by atoms with Gasteiger partial charge in [0.25, 0.3) is 10.0 Å². The highest BCUT2D eigenvalue weighted by atomic mass is 79.9. The molecule has 1 aromatic carbocycles. The molecule has 0 atom stereocenters. The highest BCUT2D eigenvalue weighted by molar-refractivity contribution is 9.10. The summed E-state index contributed by atoms with van der Waals surface area (Å²) in [5.74, 6) is 0.567. The minimum absolute atomic E-state index is 0.0446. The Labute approximate surface area is 133 Å². The second-order valence-corrected chi connectivity index (χ2v) is 7.82. The molecule has 2 aromatic rings. The Hall–Kier alpha value is -1.31. The lowest BCUT2D eigenvalue weighted by molar-refractivity contribution is 0.402. The number of halogens is 1. The Kier molecular flexibility index (Phi) is 4.75. The van der Waals surface area contributed by atoms with Crippen molar-refractivity contribution in [1.29, 1.82) is 0 Å². The topological polar surface area (TPSA) is 62.6 Å². The summed E-state index contributed by atoms with van der Waals surface area (Å²) >= 11 is 3.41. The number of hydrogen-bond acceptors (Lipinski definition) is 4. The van der Waals surface area contributed by atoms with Crippen LogP contribution < -0.4 is 5.32 Å². The van der Waals surface area contributed by atoms with Crippen molar-refractivity contribution in [2.24, 2.45) is 0 Å². The van der Waals surface area contributed by atoms with Gasteiger partial charge in [-0.2, -0.15) is 0 Å². The van der Waals surface area contributed by atoms with Gasteiger partial charge in [0.15, 0.2) is 0 Å². The predicted molar refractivity (Wildman–Crippen MR) is 85.8 cm³/mol. The predicted octanol–water partition coefficient (Wildman–Crippen LogP) is 3.21. The van der Waals surface area contributed by atoms with E-state index in [-0.39, 0.29) is 5.09 Å². The van der Waals surface area contributed by atoms with Crippen molar-refractivity contribution in [3.63, 3.8) is 0 Å². The van der Waals surface area contributed by atoms with Gasteiger partial charge in [0, 0.05) is 24.3 Å². The number of furan rings is 1. The van der Waals surface area contributed by atoms with Crippen molar-refractivity contribution in [2.45, 2.75) is 18.6 Å². The molecule has 2 rings (SSSR count). The summed E-state index contributed by atoms with van der Waals surface area (Å²) in [7, 11) is -0.574. The maximum absolute atomic E-state index is 11.9. The average molecular weight is 373 g/mol. The van der Waals surface area contributed by atoms with E-state index in [1.165, 1.54) is 20.2 Å². The van der Waals surface area contributed by atoms with Crippen molar-refractivity contribution < 1.29 is 12.8 Å². The first kappa shape index (κ1) is 16.1. The van der Waals surface area contributed by atoms with Gasteiger partial charge >= 0.3 is 0 Å². The van der Waals surface area contributed by atoms with Crippen LogP contribution in [-0.4, -0.2) is 26.8 Å². The molecule has 0 aliphatic carbocycles. The molecular weight excluding hydrogens is 356 g/mol. The van der Waals surface area contributed by atoms with Crippen LogP contribution in [0.1, 0.15) is 11.3 Å². The molecule has 1 aromatic heterocycles. The smallest absolute Gasteiger partial charge is 0.275 e. The quantitative estimate of drug-likeness (QED) is 0.874. The van der Waals surface area contributed by atoms with Crippen LogP contribution in [0.4, 0.5) is 5.69 Å². The number of benzene rings is 1. The fourth-order valence-electron chi connectivity index (χ4n) is 1.78. The Morgan fingerprint density at radius 1 is 1.24 bits per heavy atom. The average Bonchev–Trinajstić information content (AvgIpc) is 2.87. The summed E-state index contributed by atoms with van der Waals surface area (Å²) in [4.78, 5) is 0. The fourth-order valence-corrected chi connectivity index (χ4v) is 3.07. The van der Waals surface area contributed by atoms with E-state index in [4.69, 9.17) is 4.42 Å². The molecule has 0 amide bonds. The number of rotatable bonds is 5. The molecule has 0 saturated carbocycles. The summed E-state index contributed by atoms with van der Waals surface area (Å²) in [6.07, 6.45) is 0. The number of anilines is 1. The third kappa shape index (κ3) is 3.66. The first-order valence-electron chi connectivity index (χ1n) is 6.32. The number of sulfonamides is 1. The van der Waals surface area contributed by atoms with E-state index in [2.05, 4.69) is 21.2 Å². The molecule has 0 fully saturated rings. The molecule has 5 nitrogen and oxygen atoms in total. The summed E-state index contributed by atoms with van der Waals surface area (Å²) in [6.45, 7) is 2.42. The number of aryl methyl sites for hydroxylation is 1. The summed E-state index contributed by atoms with van der Waals surface area (Å²) in [5.41, 5.74) is 2.07. The van der Waals surface area contributed by atoms with Gasteiger partial charge in [-0.25, -0.2) is 12.7 Å². The zero-order valence-corrected chi connectivity index (χ0v) is 14.5. The van der Waals surface area contributed by atoms with E-state index in [1.54, 1.807) is 6.07 Å². The van der Waals surface area contributed by atoms with E-state index in [1.807, 2.05) is 25.1 Å². The maximum Gasteiger partial charge on any atom is 0.275 e. The molecule has 0 unspecified atom stereocenters.